The zero-order valence-corrected chi connectivity index (χ0v) is 19.2. The number of pyridine rings is 1. The van der Waals surface area contributed by atoms with Crippen molar-refractivity contribution >= 4 is 34.1 Å². The second-order valence-electron chi connectivity index (χ2n) is 8.57. The van der Waals surface area contributed by atoms with Crippen molar-refractivity contribution in [1.82, 2.24) is 15.2 Å². The van der Waals surface area contributed by atoms with Crippen LogP contribution in [0.25, 0.3) is 28.1 Å². The number of fused-ring (bicyclic) bond motifs is 1. The number of carbonyl (C=O) groups is 1. The molecule has 0 radical (unpaired) electrons. The second kappa shape index (κ2) is 9.54. The number of rotatable bonds is 7. The smallest absolute Gasteiger partial charge is 0.328 e. The number of nitrogens with zero attached hydrogens (tertiary/aromatic N) is 2. The van der Waals surface area contributed by atoms with E-state index in [0.29, 0.717) is 22.7 Å². The summed E-state index contributed by atoms with van der Waals surface area (Å²) in [5.74, 6) is -0.659. The van der Waals surface area contributed by atoms with Crippen LogP contribution in [-0.4, -0.2) is 33.4 Å². The fourth-order valence-electron chi connectivity index (χ4n) is 4.51. The van der Waals surface area contributed by atoms with Gasteiger partial charge in [-0.2, -0.15) is 4.39 Å². The van der Waals surface area contributed by atoms with E-state index in [9.17, 15) is 9.18 Å². The zero-order chi connectivity index (χ0) is 24.4. The molecule has 1 aliphatic carbocycles. The monoisotopic (exact) mass is 469 g/mol. The molecule has 0 unspecified atom stereocenters. The maximum Gasteiger partial charge on any atom is 0.328 e. The molecule has 2 aromatic heterocycles. The van der Waals surface area contributed by atoms with Crippen molar-refractivity contribution in [2.75, 3.05) is 7.11 Å². The van der Waals surface area contributed by atoms with Gasteiger partial charge in [-0.1, -0.05) is 36.8 Å². The first-order valence-electron chi connectivity index (χ1n) is 11.4. The second-order valence-corrected chi connectivity index (χ2v) is 8.57. The molecule has 35 heavy (non-hydrogen) atoms. The summed E-state index contributed by atoms with van der Waals surface area (Å²) in [5.41, 5.74) is 6.42. The number of carboxylic acid groups (broad SMARTS) is 1. The van der Waals surface area contributed by atoms with Crippen LogP contribution in [0.2, 0.25) is 0 Å². The summed E-state index contributed by atoms with van der Waals surface area (Å²) in [7, 11) is 1.60. The molecule has 0 saturated heterocycles. The topological polar surface area (TPSA) is 88.1 Å². The Morgan fingerprint density at radius 1 is 1.09 bits per heavy atom. The highest BCUT2D eigenvalue weighted by atomic mass is 19.1. The van der Waals surface area contributed by atoms with E-state index in [-0.39, 0.29) is 0 Å². The van der Waals surface area contributed by atoms with Gasteiger partial charge in [-0.15, -0.1) is 5.10 Å². The van der Waals surface area contributed by atoms with Gasteiger partial charge in [0.05, 0.1) is 18.0 Å². The number of aliphatic carboxylic acids is 1. The Morgan fingerprint density at radius 3 is 2.54 bits per heavy atom. The molecule has 176 valence electrons. The Morgan fingerprint density at radius 2 is 1.86 bits per heavy atom. The number of aromatic amines is 1. The number of nitrogens with one attached hydrogen (secondary N) is 1. The van der Waals surface area contributed by atoms with Crippen molar-refractivity contribution in [3.63, 3.8) is 0 Å². The molecule has 0 spiro atoms. The first-order valence-corrected chi connectivity index (χ1v) is 11.4. The third-order valence-corrected chi connectivity index (χ3v) is 6.46. The van der Waals surface area contributed by atoms with E-state index in [0.717, 1.165) is 58.7 Å². The Kier molecular flexibility index (Phi) is 6.14. The van der Waals surface area contributed by atoms with E-state index >= 15 is 0 Å². The zero-order valence-electron chi connectivity index (χ0n) is 19.2. The van der Waals surface area contributed by atoms with Crippen molar-refractivity contribution in [2.45, 2.75) is 19.3 Å². The Bertz CT molecular complexity index is 1450. The molecule has 0 amide bonds. The fraction of sp³-hybridized carbons (Fsp3) is 0.179. The maximum absolute atomic E-state index is 14.4. The summed E-state index contributed by atoms with van der Waals surface area (Å²) in [5, 5.41) is 15.8. The number of allylic oxidation sites excluding steroid dienone is 1. The maximum atomic E-state index is 14.4. The number of benzene rings is 2. The summed E-state index contributed by atoms with van der Waals surface area (Å²) in [6.45, 7) is 0. The van der Waals surface area contributed by atoms with Gasteiger partial charge in [-0.3, -0.25) is 5.10 Å². The third-order valence-electron chi connectivity index (χ3n) is 6.46. The van der Waals surface area contributed by atoms with Gasteiger partial charge in [0.1, 0.15) is 0 Å². The Balaban J connectivity index is 1.74. The molecule has 0 atom stereocenters. The number of aromatic nitrogens is 3. The van der Waals surface area contributed by atoms with Crippen molar-refractivity contribution in [1.29, 1.82) is 0 Å². The number of carboxylic acids is 1. The summed E-state index contributed by atoms with van der Waals surface area (Å²) < 4.78 is 19.8. The Hall–Kier alpha value is -4.26. The first-order chi connectivity index (χ1) is 17.0. The largest absolute Gasteiger partial charge is 0.481 e. The molecule has 5 rings (SSSR count). The van der Waals surface area contributed by atoms with E-state index in [1.54, 1.807) is 19.4 Å². The van der Waals surface area contributed by atoms with Gasteiger partial charge in [0.15, 0.2) is 0 Å². The quantitative estimate of drug-likeness (QED) is 0.326. The molecule has 2 N–H and O–H groups in total. The van der Waals surface area contributed by atoms with Crippen molar-refractivity contribution in [3.8, 4) is 5.88 Å². The van der Waals surface area contributed by atoms with Crippen molar-refractivity contribution in [2.24, 2.45) is 5.92 Å². The third kappa shape index (κ3) is 4.57. The normalized spacial score (nSPS) is 14.7. The van der Waals surface area contributed by atoms with E-state index in [1.165, 1.54) is 0 Å². The Labute approximate surface area is 201 Å². The minimum Gasteiger partial charge on any atom is -0.481 e. The first kappa shape index (κ1) is 22.5. The molecular weight excluding hydrogens is 445 g/mol. The lowest BCUT2D eigenvalue weighted by atomic mass is 9.73. The predicted octanol–water partition coefficient (Wildman–Crippen LogP) is 5.96. The highest BCUT2D eigenvalue weighted by Crippen LogP contribution is 2.45. The van der Waals surface area contributed by atoms with Crippen LogP contribution in [0.15, 0.2) is 66.9 Å². The van der Waals surface area contributed by atoms with Gasteiger partial charge < -0.3 is 9.84 Å². The predicted molar refractivity (Wildman–Crippen MR) is 133 cm³/mol. The van der Waals surface area contributed by atoms with E-state index in [4.69, 9.17) is 9.84 Å². The van der Waals surface area contributed by atoms with Crippen LogP contribution in [0.3, 0.4) is 0 Å². The number of methoxy groups -OCH3 is 1. The van der Waals surface area contributed by atoms with E-state index in [1.807, 2.05) is 54.6 Å². The van der Waals surface area contributed by atoms with Gasteiger partial charge in [0.25, 0.3) is 0 Å². The molecule has 6 nitrogen and oxygen atoms in total. The van der Waals surface area contributed by atoms with Gasteiger partial charge in [-0.05, 0) is 76.4 Å². The summed E-state index contributed by atoms with van der Waals surface area (Å²) in [6.07, 6.45) is 7.69. The van der Waals surface area contributed by atoms with Crippen LogP contribution in [0.4, 0.5) is 4.39 Å². The number of ether oxygens (including phenoxy) is 1. The van der Waals surface area contributed by atoms with Crippen LogP contribution in [0.1, 0.15) is 41.5 Å². The molecule has 4 aromatic rings. The van der Waals surface area contributed by atoms with Crippen molar-refractivity contribution in [3.05, 3.63) is 95.1 Å². The van der Waals surface area contributed by atoms with Crippen molar-refractivity contribution < 1.29 is 19.0 Å². The van der Waals surface area contributed by atoms with Gasteiger partial charge in [0, 0.05) is 18.3 Å². The lowest BCUT2D eigenvalue weighted by Gasteiger charge is -2.31. The average molecular weight is 470 g/mol. The lowest BCUT2D eigenvalue weighted by Crippen LogP contribution is -2.15. The molecule has 2 aromatic carbocycles. The molecule has 7 heteroatoms. The van der Waals surface area contributed by atoms with Gasteiger partial charge >= 0.3 is 5.97 Å². The standard InChI is InChI=1S/C28H24FN3O3/c1-35-24-16-21(13-14-30-24)26(18-3-2-4-18)27(19-8-5-17(6-9-19)7-12-25(33)34)20-10-11-23-22(15-20)28(29)32-31-23/h5-16,18H,2-4H2,1H3,(H,31,32)(H,33,34)/b12-7+,27-26+. The van der Waals surface area contributed by atoms with Crippen LogP contribution in [0, 0.1) is 11.9 Å². The van der Waals surface area contributed by atoms with Gasteiger partial charge in [-0.25, -0.2) is 9.78 Å². The van der Waals surface area contributed by atoms with E-state index < -0.39 is 11.9 Å². The molecule has 0 bridgehead atoms. The molecule has 1 aliphatic rings. The number of H-pyrrole nitrogens is 1. The highest BCUT2D eigenvalue weighted by Gasteiger charge is 2.28. The number of hydrogen-bond donors (Lipinski definition) is 2. The fourth-order valence-corrected chi connectivity index (χ4v) is 4.51. The number of hydrogen-bond acceptors (Lipinski definition) is 4. The SMILES string of the molecule is COc1cc(/C(=C(\c2ccc(/C=C/C(=O)O)cc2)c2ccc3[nH]nc(F)c3c2)C2CCC2)ccn1. The van der Waals surface area contributed by atoms with Gasteiger partial charge in [0.2, 0.25) is 11.8 Å². The number of halogens is 1. The molecule has 1 saturated carbocycles. The molecule has 2 heterocycles. The average Bonchev–Trinajstić information content (AvgIpc) is 3.22. The molecular formula is C28H24FN3O3. The van der Waals surface area contributed by atoms with Crippen LogP contribution < -0.4 is 4.74 Å². The minimum absolute atomic E-state index is 0.341. The van der Waals surface area contributed by atoms with Crippen LogP contribution in [-0.2, 0) is 4.79 Å². The minimum atomic E-state index is -0.996. The molecule has 0 aliphatic heterocycles. The van der Waals surface area contributed by atoms with Crippen LogP contribution >= 0.6 is 0 Å². The van der Waals surface area contributed by atoms with Crippen LogP contribution in [0.5, 0.6) is 5.88 Å². The lowest BCUT2D eigenvalue weighted by molar-refractivity contribution is -0.131. The molecule has 1 fully saturated rings. The van der Waals surface area contributed by atoms with E-state index in [2.05, 4.69) is 15.2 Å². The highest BCUT2D eigenvalue weighted by molar-refractivity contribution is 6.01. The summed E-state index contributed by atoms with van der Waals surface area (Å²) >= 11 is 0. The summed E-state index contributed by atoms with van der Waals surface area (Å²) in [6, 6.07) is 17.3. The summed E-state index contributed by atoms with van der Waals surface area (Å²) in [4.78, 5) is 15.2.